The van der Waals surface area contributed by atoms with Crippen LogP contribution in [-0.2, 0) is 4.74 Å². The van der Waals surface area contributed by atoms with E-state index < -0.39 is 0 Å². The molecular formula is C15H24N4O3. The summed E-state index contributed by atoms with van der Waals surface area (Å²) in [7, 11) is 0. The van der Waals surface area contributed by atoms with Gasteiger partial charge in [0, 0.05) is 31.7 Å². The minimum absolute atomic E-state index is 0.227. The van der Waals surface area contributed by atoms with Crippen molar-refractivity contribution in [3.05, 3.63) is 28.2 Å². The molecule has 0 bridgehead atoms. The number of nitrogens with zero attached hydrogens (tertiary/aromatic N) is 2. The lowest BCUT2D eigenvalue weighted by molar-refractivity contribution is 0.0124. The first-order valence-electron chi connectivity index (χ1n) is 7.72. The second-order valence-corrected chi connectivity index (χ2v) is 5.95. The lowest BCUT2D eigenvalue weighted by atomic mass is 10.0. The van der Waals surface area contributed by atoms with E-state index in [2.05, 4.69) is 34.3 Å². The van der Waals surface area contributed by atoms with Crippen LogP contribution in [0.3, 0.4) is 0 Å². The minimum Gasteiger partial charge on any atom is -0.379 e. The fourth-order valence-corrected chi connectivity index (χ4v) is 2.62. The molecule has 1 aromatic rings. The summed E-state index contributed by atoms with van der Waals surface area (Å²) in [6.45, 7) is 8.19. The zero-order valence-electron chi connectivity index (χ0n) is 13.2. The van der Waals surface area contributed by atoms with Crippen molar-refractivity contribution in [3.8, 4) is 0 Å². The molecule has 1 saturated heterocycles. The van der Waals surface area contributed by atoms with Crippen molar-refractivity contribution in [2.75, 3.05) is 32.8 Å². The molecule has 1 aliphatic heterocycles. The number of aromatic amines is 1. The first-order valence-corrected chi connectivity index (χ1v) is 7.72. The van der Waals surface area contributed by atoms with Crippen LogP contribution in [0.15, 0.2) is 16.9 Å². The van der Waals surface area contributed by atoms with Crippen LogP contribution in [0.2, 0.25) is 0 Å². The van der Waals surface area contributed by atoms with Gasteiger partial charge in [-0.05, 0) is 18.4 Å². The number of rotatable bonds is 6. The summed E-state index contributed by atoms with van der Waals surface area (Å²) in [5.41, 5.74) is -0.0903. The summed E-state index contributed by atoms with van der Waals surface area (Å²) >= 11 is 0. The van der Waals surface area contributed by atoms with Gasteiger partial charge in [0.15, 0.2) is 0 Å². The molecule has 22 heavy (non-hydrogen) atoms. The van der Waals surface area contributed by atoms with E-state index in [1.54, 1.807) is 0 Å². The summed E-state index contributed by atoms with van der Waals surface area (Å²) in [4.78, 5) is 25.4. The molecule has 1 atom stereocenters. The molecule has 1 aromatic heterocycles. The van der Waals surface area contributed by atoms with Crippen molar-refractivity contribution >= 4 is 5.91 Å². The Labute approximate surface area is 130 Å². The van der Waals surface area contributed by atoms with Gasteiger partial charge in [-0.1, -0.05) is 13.8 Å². The number of morpholine rings is 1. The molecular weight excluding hydrogens is 284 g/mol. The van der Waals surface area contributed by atoms with E-state index in [0.29, 0.717) is 12.5 Å². The van der Waals surface area contributed by atoms with Crippen molar-refractivity contribution in [1.82, 2.24) is 20.4 Å². The number of amides is 1. The smallest absolute Gasteiger partial charge is 0.271 e. The van der Waals surface area contributed by atoms with E-state index in [-0.39, 0.29) is 23.2 Å². The Bertz CT molecular complexity index is 517. The molecule has 2 N–H and O–H groups in total. The molecule has 0 unspecified atom stereocenters. The predicted molar refractivity (Wildman–Crippen MR) is 82.8 cm³/mol. The van der Waals surface area contributed by atoms with Crippen molar-refractivity contribution < 1.29 is 9.53 Å². The lowest BCUT2D eigenvalue weighted by Crippen LogP contribution is -2.49. The third-order valence-corrected chi connectivity index (χ3v) is 3.72. The van der Waals surface area contributed by atoms with E-state index in [1.165, 1.54) is 12.1 Å². The molecule has 0 spiro atoms. The normalized spacial score (nSPS) is 17.4. The molecule has 0 aromatic carbocycles. The Morgan fingerprint density at radius 2 is 2.14 bits per heavy atom. The Hall–Kier alpha value is -1.73. The van der Waals surface area contributed by atoms with Crippen LogP contribution in [0.25, 0.3) is 0 Å². The third kappa shape index (κ3) is 4.92. The van der Waals surface area contributed by atoms with E-state index in [0.717, 1.165) is 32.7 Å². The van der Waals surface area contributed by atoms with E-state index in [4.69, 9.17) is 4.74 Å². The van der Waals surface area contributed by atoms with Crippen molar-refractivity contribution in [2.24, 2.45) is 5.92 Å². The van der Waals surface area contributed by atoms with Gasteiger partial charge in [-0.25, -0.2) is 5.10 Å². The molecule has 0 aliphatic carbocycles. The van der Waals surface area contributed by atoms with Crippen LogP contribution >= 0.6 is 0 Å². The standard InChI is InChI=1S/C15H24N4O3/c1-11(2)9-12(19-5-7-22-8-6-19)10-16-15(21)13-3-4-14(20)18-17-13/h3-4,11-12H,5-10H2,1-2H3,(H,16,21)(H,18,20)/t12-/m0/s1. The molecule has 2 heterocycles. The topological polar surface area (TPSA) is 87.3 Å². The fourth-order valence-electron chi connectivity index (χ4n) is 2.62. The maximum atomic E-state index is 12.1. The van der Waals surface area contributed by atoms with Gasteiger partial charge in [0.05, 0.1) is 13.2 Å². The van der Waals surface area contributed by atoms with Crippen molar-refractivity contribution in [2.45, 2.75) is 26.3 Å². The summed E-state index contributed by atoms with van der Waals surface area (Å²) in [5, 5.41) is 8.93. The number of H-pyrrole nitrogens is 1. The van der Waals surface area contributed by atoms with Crippen LogP contribution in [0.4, 0.5) is 0 Å². The van der Waals surface area contributed by atoms with Crippen LogP contribution in [0.1, 0.15) is 30.8 Å². The van der Waals surface area contributed by atoms with Gasteiger partial charge in [0.2, 0.25) is 0 Å². The highest BCUT2D eigenvalue weighted by Crippen LogP contribution is 2.13. The van der Waals surface area contributed by atoms with Crippen molar-refractivity contribution in [1.29, 1.82) is 0 Å². The van der Waals surface area contributed by atoms with E-state index in [9.17, 15) is 9.59 Å². The van der Waals surface area contributed by atoms with Gasteiger partial charge < -0.3 is 10.1 Å². The molecule has 1 amide bonds. The first kappa shape index (κ1) is 16.6. The number of hydrogen-bond donors (Lipinski definition) is 2. The SMILES string of the molecule is CC(C)C[C@@H](CNC(=O)c1ccc(=O)[nH]n1)N1CCOCC1. The molecule has 7 heteroatoms. The maximum Gasteiger partial charge on any atom is 0.271 e. The quantitative estimate of drug-likeness (QED) is 0.786. The Morgan fingerprint density at radius 3 is 2.73 bits per heavy atom. The number of nitrogens with one attached hydrogen (secondary N) is 2. The molecule has 1 aliphatic rings. The van der Waals surface area contributed by atoms with Crippen molar-refractivity contribution in [3.63, 3.8) is 0 Å². The van der Waals surface area contributed by atoms with Crippen LogP contribution in [0.5, 0.6) is 0 Å². The maximum absolute atomic E-state index is 12.1. The number of carbonyl (C=O) groups is 1. The van der Waals surface area contributed by atoms with Gasteiger partial charge >= 0.3 is 0 Å². The zero-order chi connectivity index (χ0) is 15.9. The third-order valence-electron chi connectivity index (χ3n) is 3.72. The Morgan fingerprint density at radius 1 is 1.41 bits per heavy atom. The first-order chi connectivity index (χ1) is 10.6. The highest BCUT2D eigenvalue weighted by atomic mass is 16.5. The van der Waals surface area contributed by atoms with Gasteiger partial charge in [-0.15, -0.1) is 0 Å². The van der Waals surface area contributed by atoms with E-state index >= 15 is 0 Å². The molecule has 0 saturated carbocycles. The average molecular weight is 308 g/mol. The summed E-state index contributed by atoms with van der Waals surface area (Å²) in [6, 6.07) is 3.02. The highest BCUT2D eigenvalue weighted by molar-refractivity contribution is 5.91. The molecule has 0 radical (unpaired) electrons. The predicted octanol–water partition coefficient (Wildman–Crippen LogP) is 0.247. The fraction of sp³-hybridized carbons (Fsp3) is 0.667. The monoisotopic (exact) mass is 308 g/mol. The lowest BCUT2D eigenvalue weighted by Gasteiger charge is -2.35. The number of hydrogen-bond acceptors (Lipinski definition) is 5. The largest absolute Gasteiger partial charge is 0.379 e. The van der Waals surface area contributed by atoms with Crippen LogP contribution in [-0.4, -0.2) is 59.9 Å². The average Bonchev–Trinajstić information content (AvgIpc) is 2.52. The zero-order valence-corrected chi connectivity index (χ0v) is 13.2. The van der Waals surface area contributed by atoms with Gasteiger partial charge in [-0.3, -0.25) is 14.5 Å². The van der Waals surface area contributed by atoms with Crippen LogP contribution in [0, 0.1) is 5.92 Å². The van der Waals surface area contributed by atoms with Gasteiger partial charge in [0.1, 0.15) is 5.69 Å². The number of carbonyl (C=O) groups excluding carboxylic acids is 1. The minimum atomic E-state index is -0.317. The second kappa shape index (κ2) is 8.05. The van der Waals surface area contributed by atoms with E-state index in [1.807, 2.05) is 0 Å². The molecule has 7 nitrogen and oxygen atoms in total. The summed E-state index contributed by atoms with van der Waals surface area (Å²) in [5.74, 6) is 0.286. The number of aromatic nitrogens is 2. The van der Waals surface area contributed by atoms with Gasteiger partial charge in [-0.2, -0.15) is 5.10 Å². The summed E-state index contributed by atoms with van der Waals surface area (Å²) < 4.78 is 5.39. The highest BCUT2D eigenvalue weighted by Gasteiger charge is 2.22. The summed E-state index contributed by atoms with van der Waals surface area (Å²) in [6.07, 6.45) is 1.01. The number of ether oxygens (including phenoxy) is 1. The second-order valence-electron chi connectivity index (χ2n) is 5.95. The Kier molecular flexibility index (Phi) is 6.09. The Balaban J connectivity index is 1.93. The molecule has 122 valence electrons. The van der Waals surface area contributed by atoms with Crippen LogP contribution < -0.4 is 10.9 Å². The molecule has 1 fully saturated rings. The molecule has 2 rings (SSSR count). The van der Waals surface area contributed by atoms with Gasteiger partial charge in [0.25, 0.3) is 11.5 Å².